The van der Waals surface area contributed by atoms with Crippen LogP contribution in [0, 0.1) is 0 Å². The summed E-state index contributed by atoms with van der Waals surface area (Å²) < 4.78 is 6.51. The maximum atomic E-state index is 6.51. The topological polar surface area (TPSA) is 51.1 Å². The fraction of sp³-hybridized carbons (Fsp3) is 0.0556. The van der Waals surface area contributed by atoms with Gasteiger partial charge in [0.1, 0.15) is 11.5 Å². The smallest absolute Gasteiger partial charge is 0.164 e. The molecule has 0 bridgehead atoms. The zero-order valence-corrected chi connectivity index (χ0v) is 32.8. The molecule has 1 aromatic heterocycles. The number of hydrogen-bond donors (Lipinski definition) is 0. The van der Waals surface area contributed by atoms with Gasteiger partial charge in [0, 0.05) is 39.2 Å². The summed E-state index contributed by atoms with van der Waals surface area (Å²) in [5, 5.41) is 0. The number of fused-ring (bicyclic) bond motifs is 3. The lowest BCUT2D eigenvalue weighted by Gasteiger charge is -2.28. The molecule has 0 aliphatic heterocycles. The average Bonchev–Trinajstić information content (AvgIpc) is 3.53. The fourth-order valence-electron chi connectivity index (χ4n) is 8.17. The first kappa shape index (κ1) is 35.8. The van der Waals surface area contributed by atoms with Crippen molar-refractivity contribution in [3.63, 3.8) is 0 Å². The van der Waals surface area contributed by atoms with Gasteiger partial charge >= 0.3 is 0 Å². The van der Waals surface area contributed by atoms with E-state index in [9.17, 15) is 0 Å². The predicted molar refractivity (Wildman–Crippen MR) is 240 cm³/mol. The summed E-state index contributed by atoms with van der Waals surface area (Å²) in [6.45, 7) is 4.66. The molecule has 0 atom stereocenters. The van der Waals surface area contributed by atoms with Crippen LogP contribution in [0.3, 0.4) is 0 Å². The second-order valence-corrected chi connectivity index (χ2v) is 15.3. The molecule has 0 N–H and O–H groups in total. The minimum Gasteiger partial charge on any atom is -0.457 e. The Morgan fingerprint density at radius 3 is 1.49 bits per heavy atom. The van der Waals surface area contributed by atoms with Gasteiger partial charge in [0.15, 0.2) is 17.5 Å². The Morgan fingerprint density at radius 2 is 0.847 bits per heavy atom. The zero-order chi connectivity index (χ0) is 39.8. The molecule has 1 heterocycles. The van der Waals surface area contributed by atoms with E-state index in [0.29, 0.717) is 23.2 Å². The number of hydrogen-bond acceptors (Lipinski definition) is 5. The van der Waals surface area contributed by atoms with Crippen molar-refractivity contribution in [2.24, 2.45) is 0 Å². The molecular weight excluding hydrogens is 721 g/mol. The zero-order valence-electron chi connectivity index (χ0n) is 32.8. The summed E-state index contributed by atoms with van der Waals surface area (Å²) in [4.78, 5) is 17.4. The number of anilines is 3. The third-order valence-corrected chi connectivity index (χ3v) is 11.1. The second kappa shape index (κ2) is 15.0. The number of benzene rings is 8. The number of aromatic nitrogens is 3. The molecule has 0 amide bonds. The highest BCUT2D eigenvalue weighted by atomic mass is 16.5. The van der Waals surface area contributed by atoms with Crippen molar-refractivity contribution < 1.29 is 4.74 Å². The Labute approximate surface area is 345 Å². The van der Waals surface area contributed by atoms with Gasteiger partial charge < -0.3 is 9.64 Å². The van der Waals surface area contributed by atoms with Gasteiger partial charge in [-0.05, 0) is 100 Å². The van der Waals surface area contributed by atoms with E-state index in [0.717, 1.165) is 50.6 Å². The first-order valence-corrected chi connectivity index (χ1v) is 19.9. The van der Waals surface area contributed by atoms with Crippen LogP contribution in [0.15, 0.2) is 206 Å². The predicted octanol–water partition coefficient (Wildman–Crippen LogP) is 14.1. The Bertz CT molecular complexity index is 2860. The highest BCUT2D eigenvalue weighted by Crippen LogP contribution is 2.50. The minimum atomic E-state index is -0.110. The van der Waals surface area contributed by atoms with Gasteiger partial charge in [0.25, 0.3) is 0 Å². The molecule has 9 aromatic rings. The molecule has 0 spiro atoms. The fourth-order valence-corrected chi connectivity index (χ4v) is 8.17. The number of para-hydroxylation sites is 2. The Kier molecular flexibility index (Phi) is 9.11. The monoisotopic (exact) mass is 760 g/mol. The van der Waals surface area contributed by atoms with E-state index in [1.807, 2.05) is 97.1 Å². The molecule has 282 valence electrons. The van der Waals surface area contributed by atoms with Crippen LogP contribution >= 0.6 is 0 Å². The largest absolute Gasteiger partial charge is 0.457 e. The van der Waals surface area contributed by atoms with Gasteiger partial charge in [-0.2, -0.15) is 0 Å². The van der Waals surface area contributed by atoms with Crippen LogP contribution < -0.4 is 9.64 Å². The number of ether oxygens (including phenoxy) is 1. The van der Waals surface area contributed by atoms with E-state index < -0.39 is 0 Å². The lowest BCUT2D eigenvalue weighted by molar-refractivity contribution is 0.483. The van der Waals surface area contributed by atoms with Crippen LogP contribution in [0.4, 0.5) is 17.1 Å². The summed E-state index contributed by atoms with van der Waals surface area (Å²) in [6.07, 6.45) is 0. The Morgan fingerprint density at radius 1 is 0.356 bits per heavy atom. The van der Waals surface area contributed by atoms with Crippen LogP contribution in [-0.4, -0.2) is 15.0 Å². The molecule has 1 aliphatic carbocycles. The second-order valence-electron chi connectivity index (χ2n) is 15.3. The van der Waals surface area contributed by atoms with Crippen molar-refractivity contribution >= 4 is 17.1 Å². The van der Waals surface area contributed by atoms with Gasteiger partial charge in [-0.15, -0.1) is 0 Å². The van der Waals surface area contributed by atoms with Crippen LogP contribution in [0.2, 0.25) is 0 Å². The minimum absolute atomic E-state index is 0.110. The summed E-state index contributed by atoms with van der Waals surface area (Å²) in [5.41, 5.74) is 13.1. The standard InChI is InChI=1S/C54H40N4O/c1-54(2)49-26-16-15-25-47(49)48-32-31-44(36-50(48)54)58(42-21-11-5-12-22-42)43-29-27-37(28-30-43)40-33-41(35-46(34-40)59-45-23-13-6-14-24-45)53-56-51(38-17-7-3-8-18-38)55-52(57-53)39-19-9-4-10-20-39/h3-36H,1-2H3. The summed E-state index contributed by atoms with van der Waals surface area (Å²) >= 11 is 0. The third kappa shape index (κ3) is 6.93. The Balaban J connectivity index is 1.07. The summed E-state index contributed by atoms with van der Waals surface area (Å²) in [7, 11) is 0. The van der Waals surface area contributed by atoms with E-state index in [2.05, 4.69) is 128 Å². The SMILES string of the molecule is CC1(C)c2ccccc2-c2ccc(N(c3ccccc3)c3ccc(-c4cc(Oc5ccccc5)cc(-c5nc(-c6ccccc6)nc(-c6ccccc6)n5)c4)cc3)cc21. The van der Waals surface area contributed by atoms with E-state index in [1.54, 1.807) is 0 Å². The van der Waals surface area contributed by atoms with Gasteiger partial charge in [-0.1, -0.05) is 153 Å². The average molecular weight is 761 g/mol. The highest BCUT2D eigenvalue weighted by Gasteiger charge is 2.35. The summed E-state index contributed by atoms with van der Waals surface area (Å²) in [5.74, 6) is 3.20. The van der Waals surface area contributed by atoms with Crippen LogP contribution in [-0.2, 0) is 5.41 Å². The molecule has 0 radical (unpaired) electrons. The molecule has 0 saturated carbocycles. The first-order valence-electron chi connectivity index (χ1n) is 19.9. The van der Waals surface area contributed by atoms with Crippen LogP contribution in [0.5, 0.6) is 11.5 Å². The quantitative estimate of drug-likeness (QED) is 0.147. The van der Waals surface area contributed by atoms with Crippen molar-refractivity contribution in [2.75, 3.05) is 4.90 Å². The lowest BCUT2D eigenvalue weighted by atomic mass is 9.82. The van der Waals surface area contributed by atoms with E-state index in [4.69, 9.17) is 19.7 Å². The molecule has 1 aliphatic rings. The van der Waals surface area contributed by atoms with Crippen molar-refractivity contribution in [1.82, 2.24) is 15.0 Å². The molecule has 5 nitrogen and oxygen atoms in total. The van der Waals surface area contributed by atoms with E-state index >= 15 is 0 Å². The van der Waals surface area contributed by atoms with Crippen molar-refractivity contribution in [3.8, 4) is 67.9 Å². The normalized spacial score (nSPS) is 12.4. The number of nitrogens with zero attached hydrogens (tertiary/aromatic N) is 4. The van der Waals surface area contributed by atoms with Crippen LogP contribution in [0.1, 0.15) is 25.0 Å². The first-order chi connectivity index (χ1) is 29.0. The van der Waals surface area contributed by atoms with Gasteiger partial charge in [-0.3, -0.25) is 0 Å². The highest BCUT2D eigenvalue weighted by molar-refractivity contribution is 5.86. The molecule has 59 heavy (non-hydrogen) atoms. The van der Waals surface area contributed by atoms with Gasteiger partial charge in [0.05, 0.1) is 0 Å². The molecule has 8 aromatic carbocycles. The Hall–Kier alpha value is -7.63. The van der Waals surface area contributed by atoms with Gasteiger partial charge in [0.2, 0.25) is 0 Å². The van der Waals surface area contributed by atoms with E-state index in [1.165, 1.54) is 22.3 Å². The molecule has 0 unspecified atom stereocenters. The van der Waals surface area contributed by atoms with Gasteiger partial charge in [-0.25, -0.2) is 15.0 Å². The molecule has 10 rings (SSSR count). The van der Waals surface area contributed by atoms with Crippen molar-refractivity contribution in [3.05, 3.63) is 217 Å². The molecular formula is C54H40N4O. The maximum Gasteiger partial charge on any atom is 0.164 e. The molecule has 5 heteroatoms. The number of rotatable bonds is 9. The molecule has 0 saturated heterocycles. The lowest BCUT2D eigenvalue weighted by Crippen LogP contribution is -2.16. The van der Waals surface area contributed by atoms with Crippen LogP contribution in [0.25, 0.3) is 56.4 Å². The van der Waals surface area contributed by atoms with E-state index in [-0.39, 0.29) is 5.41 Å². The van der Waals surface area contributed by atoms with Crippen molar-refractivity contribution in [2.45, 2.75) is 19.3 Å². The summed E-state index contributed by atoms with van der Waals surface area (Å²) in [6, 6.07) is 71.2. The molecule has 0 fully saturated rings. The maximum absolute atomic E-state index is 6.51. The van der Waals surface area contributed by atoms with Crippen molar-refractivity contribution in [1.29, 1.82) is 0 Å². The third-order valence-electron chi connectivity index (χ3n) is 11.1.